The highest BCUT2D eigenvalue weighted by Crippen LogP contribution is 2.31. The summed E-state index contributed by atoms with van der Waals surface area (Å²) >= 11 is 5.96. The molecule has 3 nitrogen and oxygen atoms in total. The molecule has 0 unspecified atom stereocenters. The Morgan fingerprint density at radius 3 is 2.61 bits per heavy atom. The molecule has 0 amide bonds. The van der Waals surface area contributed by atoms with Gasteiger partial charge in [-0.2, -0.15) is 5.26 Å². The van der Waals surface area contributed by atoms with E-state index in [0.717, 1.165) is 25.7 Å². The average molecular weight is 269 g/mol. The first-order chi connectivity index (χ1) is 8.60. The highest BCUT2D eigenvalue weighted by Gasteiger charge is 2.21. The Balaban J connectivity index is 2.10. The number of nitrogens with zero attached hydrogens (tertiary/aromatic N) is 1. The third kappa shape index (κ3) is 2.92. The molecule has 2 rings (SSSR count). The zero-order valence-electron chi connectivity index (χ0n) is 9.83. The van der Waals surface area contributed by atoms with Gasteiger partial charge >= 0.3 is 0 Å². The molecular formula is C13H14ClFN2O. The molecule has 1 aromatic carbocycles. The number of nitriles is 1. The minimum atomic E-state index is -0.607. The first-order valence-corrected chi connectivity index (χ1v) is 6.29. The minimum Gasteiger partial charge on any atom is -0.489 e. The Morgan fingerprint density at radius 1 is 1.33 bits per heavy atom. The molecule has 0 heterocycles. The Kier molecular flexibility index (Phi) is 4.05. The third-order valence-electron chi connectivity index (χ3n) is 3.15. The maximum absolute atomic E-state index is 13.5. The summed E-state index contributed by atoms with van der Waals surface area (Å²) in [7, 11) is 0. The van der Waals surface area contributed by atoms with Crippen LogP contribution >= 0.6 is 11.6 Å². The molecule has 96 valence electrons. The largest absolute Gasteiger partial charge is 0.489 e. The van der Waals surface area contributed by atoms with Crippen LogP contribution in [0.15, 0.2) is 12.1 Å². The number of benzene rings is 1. The fourth-order valence-electron chi connectivity index (χ4n) is 2.09. The van der Waals surface area contributed by atoms with Crippen LogP contribution in [-0.4, -0.2) is 12.1 Å². The van der Waals surface area contributed by atoms with Crippen LogP contribution in [-0.2, 0) is 0 Å². The van der Waals surface area contributed by atoms with Crippen molar-refractivity contribution in [1.82, 2.24) is 0 Å². The van der Waals surface area contributed by atoms with E-state index in [1.807, 2.05) is 0 Å². The molecule has 0 aliphatic heterocycles. The molecule has 1 fully saturated rings. The summed E-state index contributed by atoms with van der Waals surface area (Å²) in [6.45, 7) is 0. The van der Waals surface area contributed by atoms with Crippen LogP contribution in [0.25, 0.3) is 0 Å². The molecule has 1 aromatic rings. The van der Waals surface area contributed by atoms with Gasteiger partial charge in [0.05, 0.1) is 16.7 Å². The molecule has 18 heavy (non-hydrogen) atoms. The molecule has 1 aliphatic rings. The van der Waals surface area contributed by atoms with Crippen molar-refractivity contribution in [3.05, 3.63) is 28.5 Å². The van der Waals surface area contributed by atoms with Crippen molar-refractivity contribution in [2.24, 2.45) is 5.73 Å². The lowest BCUT2D eigenvalue weighted by atomic mass is 9.94. The van der Waals surface area contributed by atoms with Gasteiger partial charge in [-0.1, -0.05) is 11.6 Å². The van der Waals surface area contributed by atoms with E-state index in [-0.39, 0.29) is 22.7 Å². The quantitative estimate of drug-likeness (QED) is 0.897. The summed E-state index contributed by atoms with van der Waals surface area (Å²) in [5.74, 6) is -0.307. The summed E-state index contributed by atoms with van der Waals surface area (Å²) in [4.78, 5) is 0. The fourth-order valence-corrected chi connectivity index (χ4v) is 2.30. The summed E-state index contributed by atoms with van der Waals surface area (Å²) in [6.07, 6.45) is 3.52. The average Bonchev–Trinajstić information content (AvgIpc) is 2.36. The summed E-state index contributed by atoms with van der Waals surface area (Å²) < 4.78 is 19.1. The van der Waals surface area contributed by atoms with E-state index in [4.69, 9.17) is 27.3 Å². The van der Waals surface area contributed by atoms with Crippen molar-refractivity contribution in [3.63, 3.8) is 0 Å². The van der Waals surface area contributed by atoms with Crippen LogP contribution < -0.4 is 10.5 Å². The van der Waals surface area contributed by atoms with Crippen LogP contribution in [0.1, 0.15) is 31.2 Å². The van der Waals surface area contributed by atoms with E-state index in [9.17, 15) is 4.39 Å². The molecule has 0 aromatic heterocycles. The molecule has 1 saturated carbocycles. The predicted octanol–water partition coefficient (Wildman–Crippen LogP) is 3.00. The highest BCUT2D eigenvalue weighted by molar-refractivity contribution is 6.32. The van der Waals surface area contributed by atoms with Gasteiger partial charge in [0, 0.05) is 12.1 Å². The van der Waals surface area contributed by atoms with Gasteiger partial charge in [-0.15, -0.1) is 0 Å². The smallest absolute Gasteiger partial charge is 0.144 e. The third-order valence-corrected chi connectivity index (χ3v) is 3.45. The van der Waals surface area contributed by atoms with Crippen molar-refractivity contribution in [3.8, 4) is 11.8 Å². The Labute approximate surface area is 110 Å². The van der Waals surface area contributed by atoms with E-state index in [1.54, 1.807) is 6.07 Å². The predicted molar refractivity (Wildman–Crippen MR) is 67.0 cm³/mol. The summed E-state index contributed by atoms with van der Waals surface area (Å²) in [5, 5.41) is 8.95. The van der Waals surface area contributed by atoms with Gasteiger partial charge in [-0.3, -0.25) is 0 Å². The number of halogens is 2. The zero-order valence-corrected chi connectivity index (χ0v) is 10.6. The topological polar surface area (TPSA) is 59.0 Å². The first kappa shape index (κ1) is 13.1. The molecule has 5 heteroatoms. The Morgan fingerprint density at radius 2 is 2.00 bits per heavy atom. The number of hydrogen-bond donors (Lipinski definition) is 1. The lowest BCUT2D eigenvalue weighted by molar-refractivity contribution is 0.147. The minimum absolute atomic E-state index is 0.0228. The van der Waals surface area contributed by atoms with Crippen LogP contribution in [0.3, 0.4) is 0 Å². The second kappa shape index (κ2) is 5.55. The monoisotopic (exact) mass is 268 g/mol. The Hall–Kier alpha value is -1.31. The molecule has 0 radical (unpaired) electrons. The van der Waals surface area contributed by atoms with E-state index in [0.29, 0.717) is 5.75 Å². The SMILES string of the molecule is N#Cc1cc(Cl)c(O[C@H]2CC[C@H](N)CC2)cc1F. The van der Waals surface area contributed by atoms with Crippen LogP contribution in [0.5, 0.6) is 5.75 Å². The molecular weight excluding hydrogens is 255 g/mol. The molecule has 1 aliphatic carbocycles. The van der Waals surface area contributed by atoms with Crippen LogP contribution in [0.2, 0.25) is 5.02 Å². The van der Waals surface area contributed by atoms with Gasteiger partial charge in [0.2, 0.25) is 0 Å². The lowest BCUT2D eigenvalue weighted by Gasteiger charge is -2.27. The molecule has 0 saturated heterocycles. The van der Waals surface area contributed by atoms with E-state index >= 15 is 0 Å². The molecule has 2 N–H and O–H groups in total. The van der Waals surface area contributed by atoms with Gasteiger partial charge in [0.15, 0.2) is 0 Å². The maximum Gasteiger partial charge on any atom is 0.144 e. The van der Waals surface area contributed by atoms with E-state index in [2.05, 4.69) is 0 Å². The van der Waals surface area contributed by atoms with Crippen molar-refractivity contribution in [2.75, 3.05) is 0 Å². The molecule has 0 bridgehead atoms. The van der Waals surface area contributed by atoms with Gasteiger partial charge < -0.3 is 10.5 Å². The van der Waals surface area contributed by atoms with Gasteiger partial charge in [-0.05, 0) is 31.7 Å². The molecule has 0 atom stereocenters. The lowest BCUT2D eigenvalue weighted by Crippen LogP contribution is -2.31. The van der Waals surface area contributed by atoms with Crippen molar-refractivity contribution < 1.29 is 9.13 Å². The maximum atomic E-state index is 13.5. The number of ether oxygens (including phenoxy) is 1. The standard InChI is InChI=1S/C13H14ClFN2O/c14-11-5-8(7-16)12(15)6-13(11)18-10-3-1-9(17)2-4-10/h5-6,9-10H,1-4,17H2/t9-,10-. The molecule has 0 spiro atoms. The number of hydrogen-bond acceptors (Lipinski definition) is 3. The number of rotatable bonds is 2. The summed E-state index contributed by atoms with van der Waals surface area (Å²) in [5.41, 5.74) is 5.73. The second-order valence-electron chi connectivity index (χ2n) is 4.53. The zero-order chi connectivity index (χ0) is 13.1. The fraction of sp³-hybridized carbons (Fsp3) is 0.462. The van der Waals surface area contributed by atoms with Crippen molar-refractivity contribution in [1.29, 1.82) is 5.26 Å². The van der Waals surface area contributed by atoms with E-state index in [1.165, 1.54) is 12.1 Å². The summed E-state index contributed by atoms with van der Waals surface area (Å²) in [6, 6.07) is 4.44. The second-order valence-corrected chi connectivity index (χ2v) is 4.94. The van der Waals surface area contributed by atoms with Gasteiger partial charge in [0.25, 0.3) is 0 Å². The van der Waals surface area contributed by atoms with E-state index < -0.39 is 5.82 Å². The van der Waals surface area contributed by atoms with Crippen LogP contribution in [0.4, 0.5) is 4.39 Å². The van der Waals surface area contributed by atoms with Gasteiger partial charge in [-0.25, -0.2) is 4.39 Å². The Bertz CT molecular complexity index is 479. The highest BCUT2D eigenvalue weighted by atomic mass is 35.5. The van der Waals surface area contributed by atoms with Crippen molar-refractivity contribution >= 4 is 11.6 Å². The van der Waals surface area contributed by atoms with Crippen LogP contribution in [0, 0.1) is 17.1 Å². The number of nitrogens with two attached hydrogens (primary N) is 1. The van der Waals surface area contributed by atoms with Crippen molar-refractivity contribution in [2.45, 2.75) is 37.8 Å². The normalized spacial score (nSPS) is 23.4. The first-order valence-electron chi connectivity index (χ1n) is 5.91. The van der Waals surface area contributed by atoms with Gasteiger partial charge in [0.1, 0.15) is 17.6 Å².